The summed E-state index contributed by atoms with van der Waals surface area (Å²) in [6.45, 7) is 15.8. The Morgan fingerprint density at radius 2 is 1.19 bits per heavy atom. The Bertz CT molecular complexity index is 1540. The topological polar surface area (TPSA) is 121 Å². The van der Waals surface area contributed by atoms with Crippen molar-refractivity contribution < 1.29 is 33.6 Å². The maximum absolute atomic E-state index is 13.2. The summed E-state index contributed by atoms with van der Waals surface area (Å²) in [5.41, 5.74) is 2.03. The van der Waals surface area contributed by atoms with E-state index in [0.717, 1.165) is 101 Å². The first-order valence-corrected chi connectivity index (χ1v) is 22.0. The van der Waals surface area contributed by atoms with Gasteiger partial charge in [0.1, 0.15) is 24.2 Å². The summed E-state index contributed by atoms with van der Waals surface area (Å²) in [4.78, 5) is 30.6. The predicted octanol–water partition coefficient (Wildman–Crippen LogP) is 8.02. The van der Waals surface area contributed by atoms with E-state index in [-0.39, 0.29) is 54.2 Å². The fraction of sp³-hybridized carbons (Fsp3) is 0.696. The molecule has 2 saturated carbocycles. The molecule has 2 saturated heterocycles. The monoisotopic (exact) mass is 791 g/mol. The van der Waals surface area contributed by atoms with E-state index in [4.69, 9.17) is 18.9 Å². The van der Waals surface area contributed by atoms with Crippen LogP contribution in [0.5, 0.6) is 11.5 Å². The number of benzene rings is 2. The van der Waals surface area contributed by atoms with Crippen molar-refractivity contribution in [1.82, 2.24) is 20.4 Å². The van der Waals surface area contributed by atoms with E-state index in [0.29, 0.717) is 43.7 Å². The number of rotatable bonds is 20. The highest BCUT2D eigenvalue weighted by molar-refractivity contribution is 5.68. The molecule has 4 fully saturated rings. The molecule has 3 N–H and O–H groups in total. The normalized spacial score (nSPS) is 28.1. The zero-order chi connectivity index (χ0) is 40.4. The van der Waals surface area contributed by atoms with Crippen molar-refractivity contribution in [2.75, 3.05) is 46.0 Å². The summed E-state index contributed by atoms with van der Waals surface area (Å²) in [6.07, 6.45) is 10.5. The lowest BCUT2D eigenvalue weighted by Crippen LogP contribution is -2.42. The summed E-state index contributed by atoms with van der Waals surface area (Å²) in [6, 6.07) is 16.8. The second kappa shape index (κ2) is 20.4. The summed E-state index contributed by atoms with van der Waals surface area (Å²) in [5.74, 6) is 2.36. The quantitative estimate of drug-likeness (QED) is 0.0905. The molecule has 6 atom stereocenters. The van der Waals surface area contributed by atoms with Gasteiger partial charge in [-0.15, -0.1) is 0 Å². The average molecular weight is 791 g/mol. The number of unbranched alkanes of at least 4 members (excludes halogenated alkanes) is 1. The van der Waals surface area contributed by atoms with Gasteiger partial charge >= 0.3 is 12.2 Å². The highest BCUT2D eigenvalue weighted by Crippen LogP contribution is 2.36. The molecule has 6 rings (SSSR count). The minimum absolute atomic E-state index is 0.131. The van der Waals surface area contributed by atoms with Gasteiger partial charge in [0.15, 0.2) is 6.10 Å². The lowest BCUT2D eigenvalue weighted by atomic mass is 9.76. The third kappa shape index (κ3) is 13.5. The van der Waals surface area contributed by atoms with Crippen molar-refractivity contribution in [3.05, 3.63) is 59.7 Å². The number of phenols is 1. The number of ether oxygens (including phenoxy) is 4. The van der Waals surface area contributed by atoms with Gasteiger partial charge in [0, 0.05) is 62.4 Å². The highest BCUT2D eigenvalue weighted by atomic mass is 16.6. The summed E-state index contributed by atoms with van der Waals surface area (Å²) in [7, 11) is 0. The van der Waals surface area contributed by atoms with E-state index in [1.165, 1.54) is 6.42 Å². The number of amides is 2. The molecule has 0 radical (unpaired) electrons. The molecule has 2 aromatic carbocycles. The maximum Gasteiger partial charge on any atom is 0.407 e. The molecule has 6 unspecified atom stereocenters. The van der Waals surface area contributed by atoms with Gasteiger partial charge in [0.05, 0.1) is 6.61 Å². The number of carbonyl (C=O) groups is 2. The van der Waals surface area contributed by atoms with Gasteiger partial charge in [0.2, 0.25) is 0 Å². The van der Waals surface area contributed by atoms with Crippen LogP contribution in [0.1, 0.15) is 116 Å². The number of phenolic OH excluding ortho intramolecular Hbond substituents is 1. The van der Waals surface area contributed by atoms with Crippen LogP contribution in [0.2, 0.25) is 0 Å². The average Bonchev–Trinajstić information content (AvgIpc) is 4.10. The van der Waals surface area contributed by atoms with Gasteiger partial charge in [-0.05, 0) is 125 Å². The van der Waals surface area contributed by atoms with Crippen LogP contribution < -0.4 is 15.4 Å². The summed E-state index contributed by atoms with van der Waals surface area (Å²) >= 11 is 0. The minimum Gasteiger partial charge on any atom is -0.508 e. The Morgan fingerprint density at radius 1 is 0.737 bits per heavy atom. The van der Waals surface area contributed by atoms with Crippen molar-refractivity contribution >= 4 is 12.2 Å². The second-order valence-electron chi connectivity index (χ2n) is 18.1. The van der Waals surface area contributed by atoms with Gasteiger partial charge < -0.3 is 34.7 Å². The molecule has 2 heterocycles. The molecule has 2 aromatic rings. The van der Waals surface area contributed by atoms with Gasteiger partial charge in [-0.2, -0.15) is 0 Å². The van der Waals surface area contributed by atoms with E-state index in [9.17, 15) is 14.7 Å². The fourth-order valence-corrected chi connectivity index (χ4v) is 8.79. The zero-order valence-electron chi connectivity index (χ0n) is 35.3. The van der Waals surface area contributed by atoms with Gasteiger partial charge in [-0.25, -0.2) is 9.59 Å². The van der Waals surface area contributed by atoms with Crippen molar-refractivity contribution in [2.45, 2.75) is 147 Å². The summed E-state index contributed by atoms with van der Waals surface area (Å²) in [5, 5.41) is 16.0. The molecule has 2 aliphatic carbocycles. The van der Waals surface area contributed by atoms with E-state index in [1.54, 1.807) is 12.1 Å². The van der Waals surface area contributed by atoms with Crippen molar-refractivity contribution in [1.29, 1.82) is 0 Å². The smallest absolute Gasteiger partial charge is 0.407 e. The first-order valence-electron chi connectivity index (χ1n) is 22.0. The molecule has 0 aromatic heterocycles. The number of carbonyl (C=O) groups excluding carboxylic acids is 2. The molecule has 2 amide bonds. The van der Waals surface area contributed by atoms with Crippen LogP contribution in [0.4, 0.5) is 9.59 Å². The third-order valence-electron chi connectivity index (χ3n) is 13.0. The van der Waals surface area contributed by atoms with E-state index in [2.05, 4.69) is 67.2 Å². The number of alkyl carbamates (subject to hydrolysis) is 2. The molecule has 316 valence electrons. The predicted molar refractivity (Wildman–Crippen MR) is 223 cm³/mol. The highest BCUT2D eigenvalue weighted by Gasteiger charge is 2.35. The molecule has 4 aliphatic rings. The largest absolute Gasteiger partial charge is 0.508 e. The van der Waals surface area contributed by atoms with E-state index < -0.39 is 0 Å². The Morgan fingerprint density at radius 3 is 1.65 bits per heavy atom. The second-order valence-corrected chi connectivity index (χ2v) is 18.1. The van der Waals surface area contributed by atoms with Crippen LogP contribution in [0.15, 0.2) is 48.5 Å². The molecule has 0 bridgehead atoms. The standard InChI is InChI=1S/C46H70N4O7/c1-6-7-24-54-30-42(28-49-26-32(49)2)56-44(52)47-38-16-8-34(9-17-38)25-35-10-18-39(19-11-35)48-45(53)57-43(29-50-27-33(50)3)31-55-41-22-14-37(15-23-41)46(4,5)36-12-20-40(51)21-13-36/h12-15,20-23,32-35,38-39,42-43,51H,6-11,16-19,24-31H2,1-5H3,(H,47,52)(H,48,53). The van der Waals surface area contributed by atoms with Crippen molar-refractivity contribution in [3.8, 4) is 11.5 Å². The van der Waals surface area contributed by atoms with Gasteiger partial charge in [0.25, 0.3) is 0 Å². The van der Waals surface area contributed by atoms with Crippen LogP contribution in [0, 0.1) is 11.8 Å². The number of nitrogens with zero attached hydrogens (tertiary/aromatic N) is 2. The van der Waals surface area contributed by atoms with Crippen molar-refractivity contribution in [3.63, 3.8) is 0 Å². The third-order valence-corrected chi connectivity index (χ3v) is 13.0. The van der Waals surface area contributed by atoms with Crippen molar-refractivity contribution in [2.24, 2.45) is 11.8 Å². The molecule has 11 heteroatoms. The minimum atomic E-state index is -0.374. The first kappa shape index (κ1) is 43.0. The Kier molecular flexibility index (Phi) is 15.4. The number of aromatic hydroxyl groups is 1. The zero-order valence-corrected chi connectivity index (χ0v) is 35.3. The van der Waals surface area contributed by atoms with Crippen LogP contribution >= 0.6 is 0 Å². The molecule has 2 aliphatic heterocycles. The Balaban J connectivity index is 0.873. The SMILES string of the molecule is CCCCOCC(CN1CC1C)OC(=O)NC1CCC(CC2CCC(NC(=O)OC(COc3ccc(C(C)(C)c4ccc(O)cc4)cc3)CN3CC3C)CC2)CC1. The first-order chi connectivity index (χ1) is 27.4. The van der Waals surface area contributed by atoms with Crippen LogP contribution in [0.3, 0.4) is 0 Å². The molecule has 57 heavy (non-hydrogen) atoms. The van der Waals surface area contributed by atoms with Crippen LogP contribution in [-0.4, -0.2) is 109 Å². The number of hydrogen-bond donors (Lipinski definition) is 3. The van der Waals surface area contributed by atoms with Gasteiger partial charge in [-0.1, -0.05) is 51.5 Å². The molecule has 0 spiro atoms. The summed E-state index contributed by atoms with van der Waals surface area (Å²) < 4.78 is 23.8. The maximum atomic E-state index is 13.2. The Hall–Kier alpha value is -3.54. The number of hydrogen-bond acceptors (Lipinski definition) is 9. The van der Waals surface area contributed by atoms with E-state index in [1.807, 2.05) is 24.3 Å². The Labute approximate surface area is 341 Å². The van der Waals surface area contributed by atoms with Crippen LogP contribution in [-0.2, 0) is 19.6 Å². The molecular weight excluding hydrogens is 721 g/mol. The molecule has 11 nitrogen and oxygen atoms in total. The lowest BCUT2D eigenvalue weighted by Gasteiger charge is -2.34. The molecular formula is C46H70N4O7. The number of nitrogens with one attached hydrogen (secondary N) is 2. The van der Waals surface area contributed by atoms with Crippen LogP contribution in [0.25, 0.3) is 0 Å². The lowest BCUT2D eigenvalue weighted by molar-refractivity contribution is 0.0108. The fourth-order valence-electron chi connectivity index (χ4n) is 8.79. The van der Waals surface area contributed by atoms with E-state index >= 15 is 0 Å². The van der Waals surface area contributed by atoms with Gasteiger partial charge in [-0.3, -0.25) is 9.80 Å².